The highest BCUT2D eigenvalue weighted by atomic mass is 19.4. The van der Waals surface area contributed by atoms with E-state index in [1.54, 1.807) is 0 Å². The van der Waals surface area contributed by atoms with Gasteiger partial charge >= 0.3 is 12.4 Å². The average Bonchev–Trinajstić information content (AvgIpc) is 2.36. The van der Waals surface area contributed by atoms with Crippen LogP contribution in [0, 0.1) is 0 Å². The molecule has 7 heteroatoms. The lowest BCUT2D eigenvalue weighted by atomic mass is 9.89. The van der Waals surface area contributed by atoms with E-state index in [9.17, 15) is 26.3 Å². The molecule has 0 saturated carbocycles. The second kappa shape index (κ2) is 6.68. The van der Waals surface area contributed by atoms with Crippen molar-refractivity contribution in [2.45, 2.75) is 44.5 Å². The monoisotopic (exact) mass is 313 g/mol. The molecular weight excluding hydrogens is 296 g/mol. The second-order valence-corrected chi connectivity index (χ2v) is 4.90. The fourth-order valence-electron chi connectivity index (χ4n) is 2.24. The molecule has 0 aliphatic rings. The fourth-order valence-corrected chi connectivity index (χ4v) is 2.24. The van der Waals surface area contributed by atoms with Crippen LogP contribution >= 0.6 is 0 Å². The molecule has 1 aromatic rings. The molecule has 0 aliphatic heterocycles. The molecule has 1 unspecified atom stereocenters. The summed E-state index contributed by atoms with van der Waals surface area (Å²) in [5.74, 6) is -0.400. The molecule has 2 N–H and O–H groups in total. The van der Waals surface area contributed by atoms with Gasteiger partial charge in [0, 0.05) is 0 Å². The van der Waals surface area contributed by atoms with E-state index < -0.39 is 29.4 Å². The van der Waals surface area contributed by atoms with Gasteiger partial charge in [0.15, 0.2) is 0 Å². The molecule has 120 valence electrons. The Bertz CT molecular complexity index is 425. The van der Waals surface area contributed by atoms with Crippen LogP contribution < -0.4 is 5.73 Å². The molecule has 0 bridgehead atoms. The number of halogens is 6. The molecule has 1 nitrogen and oxygen atoms in total. The van der Waals surface area contributed by atoms with Crippen LogP contribution in [-0.2, 0) is 12.4 Å². The van der Waals surface area contributed by atoms with Crippen molar-refractivity contribution in [1.29, 1.82) is 0 Å². The maximum Gasteiger partial charge on any atom is 0.416 e. The maximum absolute atomic E-state index is 12.8. The number of nitrogens with two attached hydrogens (primary N) is 1. The molecular formula is C14H17F6N. The highest BCUT2D eigenvalue weighted by Gasteiger charge is 2.37. The topological polar surface area (TPSA) is 26.0 Å². The first-order chi connectivity index (χ1) is 9.59. The van der Waals surface area contributed by atoms with Crippen LogP contribution in [0.4, 0.5) is 26.3 Å². The van der Waals surface area contributed by atoms with Crippen LogP contribution in [0.3, 0.4) is 0 Å². The van der Waals surface area contributed by atoms with Crippen molar-refractivity contribution in [3.63, 3.8) is 0 Å². The van der Waals surface area contributed by atoms with Crippen molar-refractivity contribution in [3.05, 3.63) is 34.9 Å². The zero-order valence-electron chi connectivity index (χ0n) is 11.5. The molecule has 21 heavy (non-hydrogen) atoms. The molecule has 0 radical (unpaired) electrons. The molecule has 0 amide bonds. The van der Waals surface area contributed by atoms with Gasteiger partial charge in [-0.1, -0.05) is 13.3 Å². The van der Waals surface area contributed by atoms with Gasteiger partial charge in [-0.25, -0.2) is 0 Å². The summed E-state index contributed by atoms with van der Waals surface area (Å²) < 4.78 is 76.7. The molecule has 1 atom stereocenters. The summed E-state index contributed by atoms with van der Waals surface area (Å²) in [5, 5.41) is 0. The maximum atomic E-state index is 12.8. The summed E-state index contributed by atoms with van der Waals surface area (Å²) in [7, 11) is 0. The number of benzene rings is 1. The molecule has 1 aromatic carbocycles. The lowest BCUT2D eigenvalue weighted by molar-refractivity contribution is -0.143. The predicted molar refractivity (Wildman–Crippen MR) is 67.8 cm³/mol. The Morgan fingerprint density at radius 2 is 1.38 bits per heavy atom. The number of hydrogen-bond donors (Lipinski definition) is 1. The van der Waals surface area contributed by atoms with E-state index in [-0.39, 0.29) is 18.2 Å². The van der Waals surface area contributed by atoms with Crippen molar-refractivity contribution in [2.75, 3.05) is 6.54 Å². The summed E-state index contributed by atoms with van der Waals surface area (Å²) in [6.07, 6.45) is -8.12. The van der Waals surface area contributed by atoms with E-state index in [1.165, 1.54) is 0 Å². The van der Waals surface area contributed by atoms with Crippen molar-refractivity contribution >= 4 is 0 Å². The van der Waals surface area contributed by atoms with Gasteiger partial charge in [-0.3, -0.25) is 0 Å². The third kappa shape index (κ3) is 4.91. The van der Waals surface area contributed by atoms with Gasteiger partial charge in [0.25, 0.3) is 0 Å². The van der Waals surface area contributed by atoms with Crippen LogP contribution in [0.25, 0.3) is 0 Å². The second-order valence-electron chi connectivity index (χ2n) is 4.90. The highest BCUT2D eigenvalue weighted by molar-refractivity contribution is 5.35. The van der Waals surface area contributed by atoms with Crippen LogP contribution in [0.2, 0.25) is 0 Å². The summed E-state index contributed by atoms with van der Waals surface area (Å²) in [6, 6.07) is 1.74. The van der Waals surface area contributed by atoms with Crippen molar-refractivity contribution < 1.29 is 26.3 Å². The lowest BCUT2D eigenvalue weighted by Gasteiger charge is -2.20. The predicted octanol–water partition coefficient (Wildman–Crippen LogP) is 4.96. The van der Waals surface area contributed by atoms with Crippen LogP contribution in [0.15, 0.2) is 18.2 Å². The Hall–Kier alpha value is -1.24. The summed E-state index contributed by atoms with van der Waals surface area (Å²) in [5.41, 5.74) is 2.90. The number of rotatable bonds is 5. The van der Waals surface area contributed by atoms with Gasteiger partial charge < -0.3 is 5.73 Å². The zero-order valence-corrected chi connectivity index (χ0v) is 11.5. The van der Waals surface area contributed by atoms with Gasteiger partial charge in [-0.15, -0.1) is 0 Å². The van der Waals surface area contributed by atoms with Crippen LogP contribution in [0.5, 0.6) is 0 Å². The van der Waals surface area contributed by atoms with Gasteiger partial charge in [-0.05, 0) is 49.1 Å². The summed E-state index contributed by atoms with van der Waals surface area (Å²) in [4.78, 5) is 0. The van der Waals surface area contributed by atoms with E-state index in [0.717, 1.165) is 12.1 Å². The quantitative estimate of drug-likeness (QED) is 0.764. The van der Waals surface area contributed by atoms with Crippen molar-refractivity contribution in [3.8, 4) is 0 Å². The van der Waals surface area contributed by atoms with E-state index in [4.69, 9.17) is 5.73 Å². The van der Waals surface area contributed by atoms with Gasteiger partial charge in [0.05, 0.1) is 11.1 Å². The van der Waals surface area contributed by atoms with E-state index in [2.05, 4.69) is 0 Å². The summed E-state index contributed by atoms with van der Waals surface area (Å²) >= 11 is 0. The standard InChI is InChI=1S/C14H17F6N/c1-2-3-9(4-5-21)10-6-11(13(15,16)17)8-12(7-10)14(18,19)20/h6-9H,2-5,21H2,1H3. The molecule has 0 heterocycles. The first-order valence-corrected chi connectivity index (χ1v) is 6.59. The Morgan fingerprint density at radius 3 is 1.71 bits per heavy atom. The van der Waals surface area contributed by atoms with Crippen LogP contribution in [0.1, 0.15) is 48.8 Å². The van der Waals surface area contributed by atoms with E-state index in [0.29, 0.717) is 19.3 Å². The SMILES string of the molecule is CCCC(CCN)c1cc(C(F)(F)F)cc(C(F)(F)F)c1. The largest absolute Gasteiger partial charge is 0.416 e. The Morgan fingerprint density at radius 1 is 0.905 bits per heavy atom. The average molecular weight is 313 g/mol. The molecule has 0 fully saturated rings. The minimum absolute atomic E-state index is 0.0458. The van der Waals surface area contributed by atoms with Crippen molar-refractivity contribution in [1.82, 2.24) is 0 Å². The number of hydrogen-bond acceptors (Lipinski definition) is 1. The van der Waals surface area contributed by atoms with Gasteiger partial charge in [0.2, 0.25) is 0 Å². The van der Waals surface area contributed by atoms with Crippen LogP contribution in [-0.4, -0.2) is 6.54 Å². The first kappa shape index (κ1) is 17.8. The lowest BCUT2D eigenvalue weighted by Crippen LogP contribution is -2.14. The van der Waals surface area contributed by atoms with Gasteiger partial charge in [-0.2, -0.15) is 26.3 Å². The molecule has 0 spiro atoms. The smallest absolute Gasteiger partial charge is 0.330 e. The Labute approximate surface area is 119 Å². The number of alkyl halides is 6. The van der Waals surface area contributed by atoms with Crippen molar-refractivity contribution in [2.24, 2.45) is 5.73 Å². The minimum Gasteiger partial charge on any atom is -0.330 e. The first-order valence-electron chi connectivity index (χ1n) is 6.59. The molecule has 0 aromatic heterocycles. The molecule has 1 rings (SSSR count). The third-order valence-electron chi connectivity index (χ3n) is 3.23. The van der Waals surface area contributed by atoms with E-state index in [1.807, 2.05) is 6.92 Å². The molecule has 0 aliphatic carbocycles. The molecule has 0 saturated heterocycles. The summed E-state index contributed by atoms with van der Waals surface area (Å²) in [6.45, 7) is 2.03. The minimum atomic E-state index is -4.81. The van der Waals surface area contributed by atoms with E-state index >= 15 is 0 Å². The Kier molecular flexibility index (Phi) is 5.67. The highest BCUT2D eigenvalue weighted by Crippen LogP contribution is 2.38. The fraction of sp³-hybridized carbons (Fsp3) is 0.571. The Balaban J connectivity index is 3.36. The zero-order chi connectivity index (χ0) is 16.3. The van der Waals surface area contributed by atoms with Gasteiger partial charge in [0.1, 0.15) is 0 Å². The third-order valence-corrected chi connectivity index (χ3v) is 3.23. The normalized spacial score (nSPS) is 14.3.